The third kappa shape index (κ3) is 4.03. The van der Waals surface area contributed by atoms with Crippen molar-refractivity contribution in [3.05, 3.63) is 63.9 Å². The lowest BCUT2D eigenvalue weighted by molar-refractivity contribution is -0.385. The second kappa shape index (κ2) is 8.12. The summed E-state index contributed by atoms with van der Waals surface area (Å²) < 4.78 is 9.87. The minimum atomic E-state index is -0.630. The minimum Gasteiger partial charge on any atom is -0.459 e. The molecule has 144 valence electrons. The van der Waals surface area contributed by atoms with Crippen molar-refractivity contribution in [3.8, 4) is 11.4 Å². The molecule has 0 fully saturated rings. The standard InChI is InChI=1S/C17H15N5O6/c1-10-11(4-2-5-12(10)22(25)26)14-20-17(28-21-14)16(24)19-8-7-18-15(23)13-6-3-9-27-13/h2-6,9H,7-8H2,1H3,(H,18,23)(H,19,24). The fourth-order valence-electron chi connectivity index (χ4n) is 2.41. The van der Waals surface area contributed by atoms with Gasteiger partial charge in [0.2, 0.25) is 5.82 Å². The van der Waals surface area contributed by atoms with Crippen molar-refractivity contribution in [2.24, 2.45) is 0 Å². The zero-order valence-corrected chi connectivity index (χ0v) is 14.7. The molecule has 0 atom stereocenters. The van der Waals surface area contributed by atoms with Gasteiger partial charge >= 0.3 is 11.8 Å². The molecule has 2 N–H and O–H groups in total. The molecule has 11 heteroatoms. The summed E-state index contributed by atoms with van der Waals surface area (Å²) in [5.74, 6) is -1.09. The Hall–Kier alpha value is -4.02. The van der Waals surface area contributed by atoms with Crippen LogP contribution in [0.15, 0.2) is 45.5 Å². The van der Waals surface area contributed by atoms with Crippen LogP contribution in [-0.4, -0.2) is 40.0 Å². The van der Waals surface area contributed by atoms with Gasteiger partial charge in [0.05, 0.1) is 11.2 Å². The average molecular weight is 385 g/mol. The Bertz CT molecular complexity index is 1010. The molecule has 0 radical (unpaired) electrons. The lowest BCUT2D eigenvalue weighted by Gasteiger charge is -2.03. The molecule has 2 aromatic heterocycles. The Kier molecular flexibility index (Phi) is 5.44. The molecule has 2 heterocycles. The van der Waals surface area contributed by atoms with Crippen LogP contribution in [-0.2, 0) is 0 Å². The molecule has 3 rings (SSSR count). The molecule has 2 amide bonds. The van der Waals surface area contributed by atoms with E-state index in [1.807, 2.05) is 0 Å². The quantitative estimate of drug-likeness (QED) is 0.354. The fourth-order valence-corrected chi connectivity index (χ4v) is 2.41. The Labute approximate surface area is 157 Å². The predicted molar refractivity (Wildman–Crippen MR) is 94.5 cm³/mol. The van der Waals surface area contributed by atoms with Crippen molar-refractivity contribution < 1.29 is 23.5 Å². The highest BCUT2D eigenvalue weighted by Crippen LogP contribution is 2.27. The monoisotopic (exact) mass is 385 g/mol. The van der Waals surface area contributed by atoms with Crippen LogP contribution in [0, 0.1) is 17.0 Å². The van der Waals surface area contributed by atoms with Crippen molar-refractivity contribution in [3.63, 3.8) is 0 Å². The minimum absolute atomic E-state index is 0.0671. The Morgan fingerprint density at radius 1 is 1.14 bits per heavy atom. The summed E-state index contributed by atoms with van der Waals surface area (Å²) in [7, 11) is 0. The normalized spacial score (nSPS) is 10.5. The molecule has 28 heavy (non-hydrogen) atoms. The maximum atomic E-state index is 12.1. The number of carbonyl (C=O) groups is 2. The van der Waals surface area contributed by atoms with E-state index in [-0.39, 0.29) is 36.3 Å². The average Bonchev–Trinajstić information content (AvgIpc) is 3.36. The molecule has 3 aromatic rings. The number of nitrogens with one attached hydrogen (secondary N) is 2. The molecule has 11 nitrogen and oxygen atoms in total. The van der Waals surface area contributed by atoms with Gasteiger partial charge in [-0.25, -0.2) is 0 Å². The Morgan fingerprint density at radius 2 is 1.89 bits per heavy atom. The van der Waals surface area contributed by atoms with Crippen molar-refractivity contribution in [1.29, 1.82) is 0 Å². The maximum Gasteiger partial charge on any atom is 0.316 e. The molecule has 0 saturated heterocycles. The van der Waals surface area contributed by atoms with Crippen LogP contribution in [0.25, 0.3) is 11.4 Å². The highest BCUT2D eigenvalue weighted by atomic mass is 16.6. The summed E-state index contributed by atoms with van der Waals surface area (Å²) >= 11 is 0. The first-order valence-corrected chi connectivity index (χ1v) is 8.15. The Morgan fingerprint density at radius 3 is 2.57 bits per heavy atom. The first-order valence-electron chi connectivity index (χ1n) is 8.15. The fraction of sp³-hybridized carbons (Fsp3) is 0.176. The number of carbonyl (C=O) groups excluding carboxylic acids is 2. The van der Waals surface area contributed by atoms with E-state index in [4.69, 9.17) is 8.94 Å². The van der Waals surface area contributed by atoms with E-state index in [1.165, 1.54) is 24.5 Å². The SMILES string of the molecule is Cc1c(-c2noc(C(=O)NCCNC(=O)c3ccco3)n2)cccc1[N+](=O)[O-]. The van der Waals surface area contributed by atoms with Crippen LogP contribution in [0.3, 0.4) is 0 Å². The molecule has 0 saturated carbocycles. The van der Waals surface area contributed by atoms with Crippen LogP contribution in [0.2, 0.25) is 0 Å². The lowest BCUT2D eigenvalue weighted by atomic mass is 10.1. The second-order valence-corrected chi connectivity index (χ2v) is 5.62. The van der Waals surface area contributed by atoms with Crippen molar-refractivity contribution in [2.75, 3.05) is 13.1 Å². The molecule has 0 aliphatic rings. The largest absolute Gasteiger partial charge is 0.459 e. The zero-order chi connectivity index (χ0) is 20.1. The van der Waals surface area contributed by atoms with E-state index >= 15 is 0 Å². The first kappa shape index (κ1) is 18.8. The van der Waals surface area contributed by atoms with Gasteiger partial charge in [-0.15, -0.1) is 0 Å². The number of nitro benzene ring substituents is 1. The number of rotatable bonds is 7. The van der Waals surface area contributed by atoms with Crippen LogP contribution >= 0.6 is 0 Å². The van der Waals surface area contributed by atoms with Gasteiger partial charge in [0.1, 0.15) is 0 Å². The Balaban J connectivity index is 1.58. The lowest BCUT2D eigenvalue weighted by Crippen LogP contribution is -2.34. The molecular weight excluding hydrogens is 370 g/mol. The smallest absolute Gasteiger partial charge is 0.316 e. The molecular formula is C17H15N5O6. The molecule has 0 aliphatic carbocycles. The molecule has 0 spiro atoms. The number of nitro groups is 1. The number of benzene rings is 1. The highest BCUT2D eigenvalue weighted by molar-refractivity contribution is 5.91. The summed E-state index contributed by atoms with van der Waals surface area (Å²) in [4.78, 5) is 38.3. The van der Waals surface area contributed by atoms with Gasteiger partial charge in [-0.3, -0.25) is 19.7 Å². The number of aromatic nitrogens is 2. The summed E-state index contributed by atoms with van der Waals surface area (Å²) in [5.41, 5.74) is 0.671. The van der Waals surface area contributed by atoms with E-state index in [0.717, 1.165) is 0 Å². The van der Waals surface area contributed by atoms with Crippen LogP contribution in [0.4, 0.5) is 5.69 Å². The topological polar surface area (TPSA) is 153 Å². The van der Waals surface area contributed by atoms with Gasteiger partial charge in [-0.2, -0.15) is 4.98 Å². The second-order valence-electron chi connectivity index (χ2n) is 5.62. The van der Waals surface area contributed by atoms with Gasteiger partial charge in [-0.05, 0) is 19.1 Å². The highest BCUT2D eigenvalue weighted by Gasteiger charge is 2.20. The third-order valence-electron chi connectivity index (χ3n) is 3.80. The van der Waals surface area contributed by atoms with Crippen molar-refractivity contribution >= 4 is 17.5 Å². The van der Waals surface area contributed by atoms with E-state index < -0.39 is 16.7 Å². The summed E-state index contributed by atoms with van der Waals surface area (Å²) in [6.07, 6.45) is 1.38. The summed E-state index contributed by atoms with van der Waals surface area (Å²) in [6, 6.07) is 7.57. The first-order chi connectivity index (χ1) is 13.5. The summed E-state index contributed by atoms with van der Waals surface area (Å²) in [5, 5.41) is 19.8. The van der Waals surface area contributed by atoms with Gasteiger partial charge in [0.25, 0.3) is 11.6 Å². The number of nitrogens with zero attached hydrogens (tertiary/aromatic N) is 3. The number of hydrogen-bond donors (Lipinski definition) is 2. The van der Waals surface area contributed by atoms with E-state index in [2.05, 4.69) is 20.8 Å². The van der Waals surface area contributed by atoms with Gasteiger partial charge in [0.15, 0.2) is 5.76 Å². The third-order valence-corrected chi connectivity index (χ3v) is 3.80. The van der Waals surface area contributed by atoms with Crippen molar-refractivity contribution in [2.45, 2.75) is 6.92 Å². The number of hydrogen-bond acceptors (Lipinski definition) is 8. The maximum absolute atomic E-state index is 12.1. The zero-order valence-electron chi connectivity index (χ0n) is 14.7. The van der Waals surface area contributed by atoms with E-state index in [9.17, 15) is 19.7 Å². The van der Waals surface area contributed by atoms with E-state index in [1.54, 1.807) is 19.1 Å². The summed E-state index contributed by atoms with van der Waals surface area (Å²) in [6.45, 7) is 1.85. The van der Waals surface area contributed by atoms with Crippen LogP contribution < -0.4 is 10.6 Å². The molecule has 0 aliphatic heterocycles. The van der Waals surface area contributed by atoms with Gasteiger partial charge < -0.3 is 19.6 Å². The molecule has 0 unspecified atom stereocenters. The van der Waals surface area contributed by atoms with Gasteiger partial charge in [0, 0.05) is 30.3 Å². The number of furan rings is 1. The van der Waals surface area contributed by atoms with Crippen molar-refractivity contribution in [1.82, 2.24) is 20.8 Å². The molecule has 0 bridgehead atoms. The van der Waals surface area contributed by atoms with Gasteiger partial charge in [-0.1, -0.05) is 17.3 Å². The number of amides is 2. The van der Waals surface area contributed by atoms with E-state index in [0.29, 0.717) is 11.1 Å². The van der Waals surface area contributed by atoms with Crippen LogP contribution in [0.1, 0.15) is 26.8 Å². The van der Waals surface area contributed by atoms with Crippen LogP contribution in [0.5, 0.6) is 0 Å². The molecule has 1 aromatic carbocycles. The predicted octanol–water partition coefficient (Wildman–Crippen LogP) is 1.71.